The van der Waals surface area contributed by atoms with Gasteiger partial charge in [0, 0.05) is 19.1 Å². The summed E-state index contributed by atoms with van der Waals surface area (Å²) in [5.41, 5.74) is 0. The van der Waals surface area contributed by atoms with Gasteiger partial charge in [0.1, 0.15) is 0 Å². The van der Waals surface area contributed by atoms with Crippen LogP contribution in [-0.2, 0) is 10.0 Å². The molecule has 0 bridgehead atoms. The van der Waals surface area contributed by atoms with Gasteiger partial charge in [-0.3, -0.25) is 0 Å². The van der Waals surface area contributed by atoms with Crippen molar-refractivity contribution in [3.05, 3.63) is 0 Å². The highest BCUT2D eigenvalue weighted by molar-refractivity contribution is 7.89. The molecule has 1 N–H and O–H groups in total. The smallest absolute Gasteiger partial charge is 0.215 e. The van der Waals surface area contributed by atoms with Crippen molar-refractivity contribution in [3.8, 4) is 0 Å². The van der Waals surface area contributed by atoms with E-state index in [2.05, 4.69) is 12.2 Å². The lowest BCUT2D eigenvalue weighted by atomic mass is 9.97. The minimum Gasteiger partial charge on any atom is -0.313 e. The molecule has 0 aliphatic carbocycles. The summed E-state index contributed by atoms with van der Waals surface area (Å²) in [6.07, 6.45) is 5.41. The Balaban J connectivity index is 1.94. The van der Waals surface area contributed by atoms with Gasteiger partial charge in [-0.2, -0.15) is 0 Å². The van der Waals surface area contributed by atoms with Crippen LogP contribution < -0.4 is 5.32 Å². The topological polar surface area (TPSA) is 49.4 Å². The summed E-state index contributed by atoms with van der Waals surface area (Å²) in [6, 6.07) is 0.182. The minimum atomic E-state index is -3.04. The average molecular weight is 260 g/mol. The van der Waals surface area contributed by atoms with Gasteiger partial charge in [0.15, 0.2) is 0 Å². The Morgan fingerprint density at radius 2 is 2.12 bits per heavy atom. The molecule has 2 rings (SSSR count). The Hall–Kier alpha value is -0.130. The van der Waals surface area contributed by atoms with Gasteiger partial charge < -0.3 is 5.32 Å². The van der Waals surface area contributed by atoms with Crippen LogP contribution in [0.1, 0.15) is 39.0 Å². The van der Waals surface area contributed by atoms with E-state index in [4.69, 9.17) is 0 Å². The second kappa shape index (κ2) is 5.67. The third kappa shape index (κ3) is 3.42. The van der Waals surface area contributed by atoms with Crippen LogP contribution >= 0.6 is 0 Å². The lowest BCUT2D eigenvalue weighted by Gasteiger charge is -2.32. The first-order valence-corrected chi connectivity index (χ1v) is 8.44. The van der Waals surface area contributed by atoms with Gasteiger partial charge >= 0.3 is 0 Å². The molecule has 0 amide bonds. The Kier molecular flexibility index (Phi) is 4.44. The van der Waals surface area contributed by atoms with E-state index in [1.54, 1.807) is 4.31 Å². The number of rotatable bonds is 4. The maximum atomic E-state index is 12.3. The monoisotopic (exact) mass is 260 g/mol. The third-order valence-corrected chi connectivity index (χ3v) is 5.97. The van der Waals surface area contributed by atoms with E-state index >= 15 is 0 Å². The number of hydrogen-bond donors (Lipinski definition) is 1. The van der Waals surface area contributed by atoms with Gasteiger partial charge in [0.05, 0.1) is 5.75 Å². The van der Waals surface area contributed by atoms with Gasteiger partial charge in [0.25, 0.3) is 0 Å². The molecule has 2 fully saturated rings. The average Bonchev–Trinajstić information content (AvgIpc) is 2.81. The second-order valence-electron chi connectivity index (χ2n) is 5.35. The van der Waals surface area contributed by atoms with E-state index < -0.39 is 10.0 Å². The van der Waals surface area contributed by atoms with E-state index in [1.165, 1.54) is 6.42 Å². The standard InChI is InChI=1S/C12H24N2O2S/c1-2-11-5-4-8-14(9-11)17(15,16)10-12-6-3-7-13-12/h11-13H,2-10H2,1H3. The summed E-state index contributed by atoms with van der Waals surface area (Å²) in [5, 5.41) is 3.27. The van der Waals surface area contributed by atoms with E-state index in [0.717, 1.165) is 45.3 Å². The molecule has 2 atom stereocenters. The zero-order valence-electron chi connectivity index (χ0n) is 10.7. The van der Waals surface area contributed by atoms with Crippen molar-refractivity contribution < 1.29 is 8.42 Å². The molecule has 0 saturated carbocycles. The molecule has 17 heavy (non-hydrogen) atoms. The molecule has 2 unspecified atom stereocenters. The fourth-order valence-corrected chi connectivity index (χ4v) is 4.72. The van der Waals surface area contributed by atoms with Gasteiger partial charge in [0.2, 0.25) is 10.0 Å². The molecule has 2 aliphatic rings. The Bertz CT molecular complexity index is 336. The molecule has 0 spiro atoms. The lowest BCUT2D eigenvalue weighted by molar-refractivity contribution is 0.261. The summed E-state index contributed by atoms with van der Waals surface area (Å²) < 4.78 is 26.3. The van der Waals surface area contributed by atoms with Crippen LogP contribution in [0.15, 0.2) is 0 Å². The molecule has 2 heterocycles. The van der Waals surface area contributed by atoms with Crippen molar-refractivity contribution in [1.82, 2.24) is 9.62 Å². The van der Waals surface area contributed by atoms with Gasteiger partial charge in [-0.05, 0) is 38.1 Å². The number of hydrogen-bond acceptors (Lipinski definition) is 3. The quantitative estimate of drug-likeness (QED) is 0.826. The van der Waals surface area contributed by atoms with E-state index in [0.29, 0.717) is 11.7 Å². The summed E-state index contributed by atoms with van der Waals surface area (Å²) in [5.74, 6) is 0.860. The molecule has 2 aliphatic heterocycles. The predicted molar refractivity (Wildman–Crippen MR) is 69.4 cm³/mol. The molecule has 4 nitrogen and oxygen atoms in total. The summed E-state index contributed by atoms with van der Waals surface area (Å²) in [4.78, 5) is 0. The van der Waals surface area contributed by atoms with Crippen molar-refractivity contribution in [1.29, 1.82) is 0 Å². The molecule has 0 aromatic heterocycles. The van der Waals surface area contributed by atoms with Crippen molar-refractivity contribution in [3.63, 3.8) is 0 Å². The van der Waals surface area contributed by atoms with Crippen LogP contribution in [0.5, 0.6) is 0 Å². The van der Waals surface area contributed by atoms with E-state index in [1.807, 2.05) is 0 Å². The largest absolute Gasteiger partial charge is 0.313 e. The van der Waals surface area contributed by atoms with Gasteiger partial charge in [-0.25, -0.2) is 12.7 Å². The summed E-state index contributed by atoms with van der Waals surface area (Å²) >= 11 is 0. The number of nitrogens with one attached hydrogen (secondary N) is 1. The lowest BCUT2D eigenvalue weighted by Crippen LogP contribution is -2.44. The maximum absolute atomic E-state index is 12.3. The zero-order valence-corrected chi connectivity index (χ0v) is 11.5. The highest BCUT2D eigenvalue weighted by Gasteiger charge is 2.31. The predicted octanol–water partition coefficient (Wildman–Crippen LogP) is 1.19. The Morgan fingerprint density at radius 3 is 2.76 bits per heavy atom. The normalized spacial score (nSPS) is 31.8. The van der Waals surface area contributed by atoms with E-state index in [-0.39, 0.29) is 6.04 Å². The first kappa shape index (κ1) is 13.3. The maximum Gasteiger partial charge on any atom is 0.215 e. The Labute approximate surface area is 105 Å². The van der Waals surface area contributed by atoms with Crippen LogP contribution in [0.25, 0.3) is 0 Å². The van der Waals surface area contributed by atoms with Gasteiger partial charge in [-0.15, -0.1) is 0 Å². The first-order chi connectivity index (χ1) is 8.12. The summed E-state index contributed by atoms with van der Waals surface area (Å²) in [6.45, 7) is 4.59. The zero-order chi connectivity index (χ0) is 12.3. The molecule has 5 heteroatoms. The SMILES string of the molecule is CCC1CCCN(S(=O)(=O)CC2CCCN2)C1. The molecular weight excluding hydrogens is 236 g/mol. The van der Waals surface area contributed by atoms with Crippen LogP contribution in [0.3, 0.4) is 0 Å². The fraction of sp³-hybridized carbons (Fsp3) is 1.00. The number of piperidine rings is 1. The second-order valence-corrected chi connectivity index (χ2v) is 7.36. The van der Waals surface area contributed by atoms with Crippen LogP contribution in [-0.4, -0.2) is 44.2 Å². The van der Waals surface area contributed by atoms with Crippen molar-refractivity contribution in [2.24, 2.45) is 5.92 Å². The molecule has 0 aromatic carbocycles. The molecular formula is C12H24N2O2S. The highest BCUT2D eigenvalue weighted by atomic mass is 32.2. The van der Waals surface area contributed by atoms with Crippen LogP contribution in [0.2, 0.25) is 0 Å². The summed E-state index contributed by atoms with van der Waals surface area (Å²) in [7, 11) is -3.04. The van der Waals surface area contributed by atoms with E-state index in [9.17, 15) is 8.42 Å². The van der Waals surface area contributed by atoms with Crippen molar-refractivity contribution in [2.45, 2.75) is 45.1 Å². The minimum absolute atomic E-state index is 0.182. The van der Waals surface area contributed by atoms with Gasteiger partial charge in [-0.1, -0.05) is 13.3 Å². The van der Waals surface area contributed by atoms with Crippen molar-refractivity contribution >= 4 is 10.0 Å². The third-order valence-electron chi connectivity index (χ3n) is 4.03. The fourth-order valence-electron chi connectivity index (χ4n) is 2.87. The number of sulfonamides is 1. The van der Waals surface area contributed by atoms with Crippen molar-refractivity contribution in [2.75, 3.05) is 25.4 Å². The molecule has 100 valence electrons. The number of nitrogens with zero attached hydrogens (tertiary/aromatic N) is 1. The Morgan fingerprint density at radius 1 is 1.29 bits per heavy atom. The highest BCUT2D eigenvalue weighted by Crippen LogP contribution is 2.22. The molecule has 0 aromatic rings. The van der Waals surface area contributed by atoms with Crippen LogP contribution in [0.4, 0.5) is 0 Å². The van der Waals surface area contributed by atoms with Crippen LogP contribution in [0, 0.1) is 5.92 Å². The first-order valence-electron chi connectivity index (χ1n) is 6.83. The molecule has 0 radical (unpaired) electrons. The molecule has 2 saturated heterocycles.